The van der Waals surface area contributed by atoms with Crippen molar-refractivity contribution in [2.75, 3.05) is 0 Å². The Hall–Kier alpha value is -2.41. The molecule has 1 atom stereocenters. The highest BCUT2D eigenvalue weighted by atomic mass is 79.9. The Morgan fingerprint density at radius 3 is 2.88 bits per heavy atom. The third-order valence-corrected chi connectivity index (χ3v) is 4.70. The fourth-order valence-electron chi connectivity index (χ4n) is 2.90. The van der Waals surface area contributed by atoms with E-state index in [-0.39, 0.29) is 36.3 Å². The molecule has 26 heavy (non-hydrogen) atoms. The number of furan rings is 1. The van der Waals surface area contributed by atoms with E-state index in [1.165, 1.54) is 22.8 Å². The summed E-state index contributed by atoms with van der Waals surface area (Å²) in [7, 11) is 0. The first-order valence-electron chi connectivity index (χ1n) is 8.19. The van der Waals surface area contributed by atoms with Gasteiger partial charge in [0.25, 0.3) is 5.56 Å². The van der Waals surface area contributed by atoms with Crippen LogP contribution in [0.1, 0.15) is 30.7 Å². The van der Waals surface area contributed by atoms with Gasteiger partial charge in [0.05, 0.1) is 6.04 Å². The zero-order chi connectivity index (χ0) is 18.8. The quantitative estimate of drug-likeness (QED) is 0.676. The smallest absolute Gasteiger partial charge is 0.250 e. The van der Waals surface area contributed by atoms with Crippen molar-refractivity contribution < 1.29 is 13.6 Å². The van der Waals surface area contributed by atoms with Crippen LogP contribution < -0.4 is 10.9 Å². The van der Waals surface area contributed by atoms with Gasteiger partial charge in [0.15, 0.2) is 0 Å². The van der Waals surface area contributed by atoms with E-state index in [1.807, 2.05) is 13.8 Å². The van der Waals surface area contributed by atoms with Gasteiger partial charge >= 0.3 is 0 Å². The first kappa shape index (κ1) is 18.4. The largest absolute Gasteiger partial charge is 0.459 e. The molecule has 1 aromatic carbocycles. The SMILES string of the molecule is Cc1c(C(C)NC(=O)CCn2cc(Br)ccc2=O)oc2ccc(F)cc12. The van der Waals surface area contributed by atoms with E-state index in [2.05, 4.69) is 21.2 Å². The van der Waals surface area contributed by atoms with E-state index < -0.39 is 0 Å². The lowest BCUT2D eigenvalue weighted by Crippen LogP contribution is -2.29. The maximum absolute atomic E-state index is 13.4. The minimum Gasteiger partial charge on any atom is -0.459 e. The molecule has 0 aliphatic heterocycles. The molecule has 0 fully saturated rings. The summed E-state index contributed by atoms with van der Waals surface area (Å²) in [6.07, 6.45) is 1.81. The topological polar surface area (TPSA) is 64.2 Å². The van der Waals surface area contributed by atoms with Crippen LogP contribution in [0.4, 0.5) is 4.39 Å². The normalized spacial score (nSPS) is 12.3. The second-order valence-corrected chi connectivity index (χ2v) is 7.07. The Bertz CT molecular complexity index is 1030. The van der Waals surface area contributed by atoms with Gasteiger partial charge in [-0.15, -0.1) is 0 Å². The molecule has 0 aliphatic rings. The van der Waals surface area contributed by atoms with Gasteiger partial charge in [-0.1, -0.05) is 0 Å². The summed E-state index contributed by atoms with van der Waals surface area (Å²) in [5, 5.41) is 3.56. The van der Waals surface area contributed by atoms with E-state index in [9.17, 15) is 14.0 Å². The zero-order valence-electron chi connectivity index (χ0n) is 14.4. The van der Waals surface area contributed by atoms with Crippen LogP contribution in [-0.4, -0.2) is 10.5 Å². The fraction of sp³-hybridized carbons (Fsp3) is 0.263. The van der Waals surface area contributed by atoms with Gasteiger partial charge in [-0.3, -0.25) is 9.59 Å². The lowest BCUT2D eigenvalue weighted by atomic mass is 10.1. The van der Waals surface area contributed by atoms with Crippen LogP contribution in [0.5, 0.6) is 0 Å². The van der Waals surface area contributed by atoms with Gasteiger partial charge in [0.2, 0.25) is 5.91 Å². The lowest BCUT2D eigenvalue weighted by Gasteiger charge is -2.13. The minimum atomic E-state index is -0.364. The molecule has 1 N–H and O–H groups in total. The number of hydrogen-bond acceptors (Lipinski definition) is 3. The fourth-order valence-corrected chi connectivity index (χ4v) is 3.28. The van der Waals surface area contributed by atoms with Crippen LogP contribution >= 0.6 is 15.9 Å². The number of nitrogens with one attached hydrogen (secondary N) is 1. The zero-order valence-corrected chi connectivity index (χ0v) is 16.0. The van der Waals surface area contributed by atoms with Crippen molar-refractivity contribution >= 4 is 32.8 Å². The van der Waals surface area contributed by atoms with Crippen molar-refractivity contribution in [3.05, 3.63) is 68.5 Å². The molecular weight excluding hydrogens is 403 g/mol. The molecule has 1 amide bonds. The standard InChI is InChI=1S/C19H18BrFN2O3/c1-11-15-9-14(21)4-5-16(15)26-19(11)12(2)22-17(24)7-8-23-10-13(20)3-6-18(23)25/h3-6,9-10,12H,7-8H2,1-2H3,(H,22,24). The van der Waals surface area contributed by atoms with Crippen molar-refractivity contribution in [2.45, 2.75) is 32.9 Å². The van der Waals surface area contributed by atoms with Gasteiger partial charge in [-0.2, -0.15) is 0 Å². The van der Waals surface area contributed by atoms with Crippen molar-refractivity contribution in [3.8, 4) is 0 Å². The molecule has 0 saturated carbocycles. The molecule has 3 rings (SSSR count). The Morgan fingerprint density at radius 1 is 1.35 bits per heavy atom. The number of aromatic nitrogens is 1. The number of carbonyl (C=O) groups excluding carboxylic acids is 1. The number of hydrogen-bond donors (Lipinski definition) is 1. The maximum atomic E-state index is 13.4. The molecule has 0 saturated heterocycles. The minimum absolute atomic E-state index is 0.161. The number of aryl methyl sites for hydroxylation is 2. The number of rotatable bonds is 5. The summed E-state index contributed by atoms with van der Waals surface area (Å²) in [6.45, 7) is 3.93. The predicted octanol–water partition coefficient (Wildman–Crippen LogP) is 4.07. The molecule has 0 spiro atoms. The van der Waals surface area contributed by atoms with E-state index in [0.29, 0.717) is 16.7 Å². The highest BCUT2D eigenvalue weighted by molar-refractivity contribution is 9.10. The third-order valence-electron chi connectivity index (χ3n) is 4.23. The Balaban J connectivity index is 1.68. The van der Waals surface area contributed by atoms with Crippen molar-refractivity contribution in [1.82, 2.24) is 9.88 Å². The molecular formula is C19H18BrFN2O3. The molecule has 3 aromatic rings. The molecule has 0 radical (unpaired) electrons. The van der Waals surface area contributed by atoms with Crippen molar-refractivity contribution in [1.29, 1.82) is 0 Å². The number of carbonyl (C=O) groups is 1. The van der Waals surface area contributed by atoms with Gasteiger partial charge in [0.1, 0.15) is 17.2 Å². The summed E-state index contributed by atoms with van der Waals surface area (Å²) in [5.74, 6) is 0.0677. The number of nitrogens with zero attached hydrogens (tertiary/aromatic N) is 1. The van der Waals surface area contributed by atoms with E-state index in [0.717, 1.165) is 10.0 Å². The first-order chi connectivity index (χ1) is 12.3. The van der Waals surface area contributed by atoms with Crippen molar-refractivity contribution in [3.63, 3.8) is 0 Å². The number of benzene rings is 1. The molecule has 5 nitrogen and oxygen atoms in total. The monoisotopic (exact) mass is 420 g/mol. The van der Waals surface area contributed by atoms with E-state index >= 15 is 0 Å². The summed E-state index contributed by atoms with van der Waals surface area (Å²) in [4.78, 5) is 24.0. The average Bonchev–Trinajstić information content (AvgIpc) is 2.92. The average molecular weight is 421 g/mol. The maximum Gasteiger partial charge on any atom is 0.250 e. The van der Waals surface area contributed by atoms with Gasteiger partial charge in [-0.25, -0.2) is 4.39 Å². The van der Waals surface area contributed by atoms with Gasteiger partial charge < -0.3 is 14.3 Å². The molecule has 0 bridgehead atoms. The molecule has 136 valence electrons. The second kappa shape index (κ2) is 7.45. The van der Waals surface area contributed by atoms with Crippen LogP contribution in [0, 0.1) is 12.7 Å². The Labute approximate surface area is 157 Å². The predicted molar refractivity (Wildman–Crippen MR) is 100 cm³/mol. The number of halogens is 2. The van der Waals surface area contributed by atoms with Gasteiger partial charge in [-0.05, 0) is 54.0 Å². The summed E-state index contributed by atoms with van der Waals surface area (Å²) in [5.41, 5.74) is 1.22. The van der Waals surface area contributed by atoms with E-state index in [1.54, 1.807) is 18.3 Å². The van der Waals surface area contributed by atoms with Crippen LogP contribution in [0.3, 0.4) is 0 Å². The Morgan fingerprint density at radius 2 is 2.12 bits per heavy atom. The van der Waals surface area contributed by atoms with Crippen molar-refractivity contribution in [2.24, 2.45) is 0 Å². The summed E-state index contributed by atoms with van der Waals surface area (Å²) < 4.78 is 21.4. The van der Waals surface area contributed by atoms with Gasteiger partial charge in [0, 0.05) is 40.7 Å². The summed E-state index contributed by atoms with van der Waals surface area (Å²) in [6, 6.07) is 7.09. The van der Waals surface area contributed by atoms with Crippen LogP contribution in [-0.2, 0) is 11.3 Å². The number of pyridine rings is 1. The van der Waals surface area contributed by atoms with Crippen LogP contribution in [0.15, 0.2) is 50.2 Å². The molecule has 2 heterocycles. The molecule has 1 unspecified atom stereocenters. The molecule has 7 heteroatoms. The van der Waals surface area contributed by atoms with Crippen LogP contribution in [0.2, 0.25) is 0 Å². The number of fused-ring (bicyclic) bond motifs is 1. The lowest BCUT2D eigenvalue weighted by molar-refractivity contribution is -0.122. The highest BCUT2D eigenvalue weighted by Crippen LogP contribution is 2.29. The molecule has 0 aliphatic carbocycles. The van der Waals surface area contributed by atoms with E-state index in [4.69, 9.17) is 4.42 Å². The Kier molecular flexibility index (Phi) is 5.27. The third kappa shape index (κ3) is 3.88. The highest BCUT2D eigenvalue weighted by Gasteiger charge is 2.18. The first-order valence-corrected chi connectivity index (χ1v) is 8.98. The van der Waals surface area contributed by atoms with Crippen LogP contribution in [0.25, 0.3) is 11.0 Å². The number of amides is 1. The summed E-state index contributed by atoms with van der Waals surface area (Å²) >= 11 is 3.30. The second-order valence-electron chi connectivity index (χ2n) is 6.15. The molecule has 2 aromatic heterocycles.